The normalized spacial score (nSPS) is 11.4. The van der Waals surface area contributed by atoms with Gasteiger partial charge in [-0.1, -0.05) is 23.9 Å². The quantitative estimate of drug-likeness (QED) is 0.585. The van der Waals surface area contributed by atoms with Crippen LogP contribution in [0.2, 0.25) is 0 Å². The van der Waals surface area contributed by atoms with Crippen molar-refractivity contribution in [3.8, 4) is 11.4 Å². The Morgan fingerprint density at radius 1 is 1.10 bits per heavy atom. The average molecular weight is 435 g/mol. The molecule has 6 nitrogen and oxygen atoms in total. The van der Waals surface area contributed by atoms with Gasteiger partial charge in [-0.15, -0.1) is 10.2 Å². The lowest BCUT2D eigenvalue weighted by atomic mass is 10.1. The number of rotatable bonds is 6. The monoisotopic (exact) mass is 435 g/mol. The first-order valence-electron chi connectivity index (χ1n) is 8.93. The lowest BCUT2D eigenvalue weighted by molar-refractivity contribution is -0.137. The molecule has 0 radical (unpaired) electrons. The van der Waals surface area contributed by atoms with Crippen molar-refractivity contribution in [2.75, 3.05) is 30.1 Å². The summed E-state index contributed by atoms with van der Waals surface area (Å²) in [4.78, 5) is 14.2. The van der Waals surface area contributed by atoms with E-state index in [1.807, 2.05) is 43.3 Å². The molecule has 10 heteroatoms. The predicted molar refractivity (Wildman–Crippen MR) is 112 cm³/mol. The van der Waals surface area contributed by atoms with Crippen molar-refractivity contribution in [1.82, 2.24) is 14.8 Å². The molecule has 0 saturated carbocycles. The van der Waals surface area contributed by atoms with E-state index in [-0.39, 0.29) is 11.4 Å². The summed E-state index contributed by atoms with van der Waals surface area (Å²) in [7, 11) is 5.67. The van der Waals surface area contributed by atoms with Gasteiger partial charge in [0.1, 0.15) is 0 Å². The molecule has 0 fully saturated rings. The number of nitrogens with zero attached hydrogens (tertiary/aromatic N) is 4. The minimum absolute atomic E-state index is 0.0995. The van der Waals surface area contributed by atoms with E-state index in [0.29, 0.717) is 11.0 Å². The highest BCUT2D eigenvalue weighted by Crippen LogP contribution is 2.34. The summed E-state index contributed by atoms with van der Waals surface area (Å²) >= 11 is 1.10. The second-order valence-electron chi connectivity index (χ2n) is 6.69. The fourth-order valence-corrected chi connectivity index (χ4v) is 3.47. The Balaban J connectivity index is 1.67. The van der Waals surface area contributed by atoms with Crippen LogP contribution >= 0.6 is 11.8 Å². The number of alkyl halides is 3. The van der Waals surface area contributed by atoms with E-state index in [2.05, 4.69) is 15.5 Å². The molecule has 158 valence electrons. The van der Waals surface area contributed by atoms with Crippen LogP contribution in [0.4, 0.5) is 24.5 Å². The summed E-state index contributed by atoms with van der Waals surface area (Å²) < 4.78 is 40.9. The number of anilines is 2. The van der Waals surface area contributed by atoms with Crippen LogP contribution in [-0.2, 0) is 18.0 Å². The third kappa shape index (κ3) is 4.93. The number of amides is 1. The zero-order chi connectivity index (χ0) is 21.9. The largest absolute Gasteiger partial charge is 0.418 e. The van der Waals surface area contributed by atoms with Gasteiger partial charge in [-0.05, 0) is 36.4 Å². The molecule has 0 aliphatic carbocycles. The minimum atomic E-state index is -4.54. The van der Waals surface area contributed by atoms with Crippen molar-refractivity contribution < 1.29 is 18.0 Å². The van der Waals surface area contributed by atoms with Gasteiger partial charge in [0.05, 0.1) is 17.0 Å². The zero-order valence-electron chi connectivity index (χ0n) is 16.6. The van der Waals surface area contributed by atoms with Crippen molar-refractivity contribution >= 4 is 29.0 Å². The van der Waals surface area contributed by atoms with E-state index in [1.54, 1.807) is 11.6 Å². The molecule has 1 N–H and O–H groups in total. The summed E-state index contributed by atoms with van der Waals surface area (Å²) in [5, 5.41) is 11.1. The number of hydrogen-bond acceptors (Lipinski definition) is 5. The Hall–Kier alpha value is -3.01. The SMILES string of the molecule is CN(C)c1ccc(-c2nnc(SCC(=O)Nc3ccccc3C(F)(F)F)n2C)cc1. The summed E-state index contributed by atoms with van der Waals surface area (Å²) in [6.45, 7) is 0. The summed E-state index contributed by atoms with van der Waals surface area (Å²) in [5.41, 5.74) is 0.762. The average Bonchev–Trinajstić information content (AvgIpc) is 3.06. The summed E-state index contributed by atoms with van der Waals surface area (Å²) in [6, 6.07) is 12.6. The molecule has 0 spiro atoms. The minimum Gasteiger partial charge on any atom is -0.378 e. The third-order valence-corrected chi connectivity index (χ3v) is 5.34. The molecule has 0 bridgehead atoms. The van der Waals surface area contributed by atoms with Gasteiger partial charge >= 0.3 is 6.18 Å². The first-order chi connectivity index (χ1) is 14.2. The highest BCUT2D eigenvalue weighted by atomic mass is 32.2. The van der Waals surface area contributed by atoms with Gasteiger partial charge in [-0.2, -0.15) is 13.2 Å². The topological polar surface area (TPSA) is 63.1 Å². The smallest absolute Gasteiger partial charge is 0.378 e. The molecule has 1 heterocycles. The molecule has 30 heavy (non-hydrogen) atoms. The number of thioether (sulfide) groups is 1. The predicted octanol–water partition coefficient (Wildman–Crippen LogP) is 4.30. The molecule has 1 aromatic heterocycles. The maximum Gasteiger partial charge on any atom is 0.418 e. The highest BCUT2D eigenvalue weighted by molar-refractivity contribution is 7.99. The summed E-state index contributed by atoms with van der Waals surface area (Å²) in [6.07, 6.45) is -4.54. The van der Waals surface area contributed by atoms with Crippen LogP contribution in [0, 0.1) is 0 Å². The van der Waals surface area contributed by atoms with Crippen molar-refractivity contribution in [2.45, 2.75) is 11.3 Å². The maximum absolute atomic E-state index is 13.1. The Morgan fingerprint density at radius 2 is 1.77 bits per heavy atom. The number of aromatic nitrogens is 3. The maximum atomic E-state index is 13.1. The number of carbonyl (C=O) groups excluding carboxylic acids is 1. The van der Waals surface area contributed by atoms with Crippen LogP contribution in [0.3, 0.4) is 0 Å². The van der Waals surface area contributed by atoms with E-state index >= 15 is 0 Å². The van der Waals surface area contributed by atoms with E-state index in [9.17, 15) is 18.0 Å². The summed E-state index contributed by atoms with van der Waals surface area (Å²) in [5.74, 6) is -0.0280. The van der Waals surface area contributed by atoms with Crippen LogP contribution in [0.25, 0.3) is 11.4 Å². The van der Waals surface area contributed by atoms with Gasteiger partial charge in [-0.3, -0.25) is 4.79 Å². The Kier molecular flexibility index (Phi) is 6.35. The molecule has 0 aliphatic rings. The molecule has 3 rings (SSSR count). The standard InChI is InChI=1S/C20H20F3N5OS/c1-27(2)14-10-8-13(9-11-14)18-25-26-19(28(18)3)30-12-17(29)24-16-7-5-4-6-15(16)20(21,22)23/h4-11H,12H2,1-3H3,(H,24,29). The van der Waals surface area contributed by atoms with Crippen LogP contribution in [0.5, 0.6) is 0 Å². The number of para-hydroxylation sites is 1. The number of nitrogens with one attached hydrogen (secondary N) is 1. The van der Waals surface area contributed by atoms with Crippen LogP contribution in [0.15, 0.2) is 53.7 Å². The number of hydrogen-bond donors (Lipinski definition) is 1. The fraction of sp³-hybridized carbons (Fsp3) is 0.250. The third-order valence-electron chi connectivity index (χ3n) is 4.32. The van der Waals surface area contributed by atoms with Crippen molar-refractivity contribution in [2.24, 2.45) is 7.05 Å². The molecular weight excluding hydrogens is 415 g/mol. The van der Waals surface area contributed by atoms with Gasteiger partial charge in [0.25, 0.3) is 0 Å². The molecule has 3 aromatic rings. The number of halogens is 3. The van der Waals surface area contributed by atoms with E-state index in [1.165, 1.54) is 18.2 Å². The van der Waals surface area contributed by atoms with Crippen molar-refractivity contribution in [1.29, 1.82) is 0 Å². The van der Waals surface area contributed by atoms with Gasteiger partial charge in [0, 0.05) is 32.4 Å². The van der Waals surface area contributed by atoms with E-state index in [0.717, 1.165) is 29.1 Å². The zero-order valence-corrected chi connectivity index (χ0v) is 17.4. The van der Waals surface area contributed by atoms with Crippen molar-refractivity contribution in [3.05, 3.63) is 54.1 Å². The van der Waals surface area contributed by atoms with E-state index < -0.39 is 17.6 Å². The first kappa shape index (κ1) is 21.7. The molecule has 1 amide bonds. The second-order valence-corrected chi connectivity index (χ2v) is 7.63. The number of carbonyl (C=O) groups is 1. The van der Waals surface area contributed by atoms with E-state index in [4.69, 9.17) is 0 Å². The Labute approximate surface area is 176 Å². The molecule has 0 atom stereocenters. The first-order valence-corrected chi connectivity index (χ1v) is 9.91. The highest BCUT2D eigenvalue weighted by Gasteiger charge is 2.33. The van der Waals surface area contributed by atoms with Gasteiger partial charge in [0.15, 0.2) is 11.0 Å². The Morgan fingerprint density at radius 3 is 2.40 bits per heavy atom. The van der Waals surface area contributed by atoms with Gasteiger partial charge in [0.2, 0.25) is 5.91 Å². The number of benzene rings is 2. The molecular formula is C20H20F3N5OS. The van der Waals surface area contributed by atoms with Gasteiger partial charge in [-0.25, -0.2) is 0 Å². The molecule has 0 saturated heterocycles. The molecule has 2 aromatic carbocycles. The second kappa shape index (κ2) is 8.78. The van der Waals surface area contributed by atoms with Crippen LogP contribution < -0.4 is 10.2 Å². The molecule has 0 unspecified atom stereocenters. The van der Waals surface area contributed by atoms with Crippen LogP contribution in [0.1, 0.15) is 5.56 Å². The molecule has 0 aliphatic heterocycles. The van der Waals surface area contributed by atoms with Crippen molar-refractivity contribution in [3.63, 3.8) is 0 Å². The fourth-order valence-electron chi connectivity index (χ4n) is 2.76. The Bertz CT molecular complexity index is 1030. The van der Waals surface area contributed by atoms with Gasteiger partial charge < -0.3 is 14.8 Å². The van der Waals surface area contributed by atoms with Crippen LogP contribution in [-0.4, -0.2) is 40.5 Å². The lowest BCUT2D eigenvalue weighted by Crippen LogP contribution is -2.18. The lowest BCUT2D eigenvalue weighted by Gasteiger charge is -2.13.